The van der Waals surface area contributed by atoms with Gasteiger partial charge in [0, 0.05) is 50.8 Å². The molecule has 1 atom stereocenters. The van der Waals surface area contributed by atoms with Gasteiger partial charge in [-0.25, -0.2) is 9.37 Å². The van der Waals surface area contributed by atoms with Crippen LogP contribution in [0.5, 0.6) is 5.75 Å². The van der Waals surface area contributed by atoms with Gasteiger partial charge in [0.15, 0.2) is 0 Å². The standard InChI is InChI=1S/C22H25FN4O2/c23-21-3-1-2-4-22(21)26-13-11-25(12-14-26)15-19(28)16-29-20-7-5-18(6-8-20)27-10-9-24-17-27/h1-10,17,19,28H,11-16H2. The molecule has 1 N–H and O–H groups in total. The molecule has 2 aromatic carbocycles. The lowest BCUT2D eigenvalue weighted by atomic mass is 10.2. The van der Waals surface area contributed by atoms with E-state index >= 15 is 0 Å². The van der Waals surface area contributed by atoms with Gasteiger partial charge >= 0.3 is 0 Å². The number of aliphatic hydroxyl groups excluding tert-OH is 1. The van der Waals surface area contributed by atoms with Crippen LogP contribution < -0.4 is 9.64 Å². The zero-order valence-corrected chi connectivity index (χ0v) is 16.2. The van der Waals surface area contributed by atoms with Crippen LogP contribution in [0.25, 0.3) is 5.69 Å². The SMILES string of the molecule is OC(COc1ccc(-n2ccnc2)cc1)CN1CCN(c2ccccc2F)CC1. The first kappa shape index (κ1) is 19.4. The molecule has 1 aliphatic heterocycles. The average Bonchev–Trinajstić information content (AvgIpc) is 3.29. The number of benzene rings is 2. The van der Waals surface area contributed by atoms with Gasteiger partial charge in [0.1, 0.15) is 24.3 Å². The van der Waals surface area contributed by atoms with Crippen LogP contribution in [0, 0.1) is 5.82 Å². The number of piperazine rings is 1. The van der Waals surface area contributed by atoms with E-state index in [2.05, 4.69) is 14.8 Å². The molecule has 3 aromatic rings. The lowest BCUT2D eigenvalue weighted by Gasteiger charge is -2.36. The molecule has 6 nitrogen and oxygen atoms in total. The van der Waals surface area contributed by atoms with Crippen LogP contribution in [-0.4, -0.2) is 65.0 Å². The van der Waals surface area contributed by atoms with Gasteiger partial charge in [0.25, 0.3) is 0 Å². The largest absolute Gasteiger partial charge is 0.491 e. The van der Waals surface area contributed by atoms with Crippen LogP contribution >= 0.6 is 0 Å². The van der Waals surface area contributed by atoms with Crippen LogP contribution in [0.2, 0.25) is 0 Å². The van der Waals surface area contributed by atoms with E-state index < -0.39 is 6.10 Å². The van der Waals surface area contributed by atoms with E-state index in [0.29, 0.717) is 12.2 Å². The minimum Gasteiger partial charge on any atom is -0.491 e. The molecule has 1 saturated heterocycles. The van der Waals surface area contributed by atoms with E-state index in [1.165, 1.54) is 6.07 Å². The predicted molar refractivity (Wildman–Crippen MR) is 110 cm³/mol. The summed E-state index contributed by atoms with van der Waals surface area (Å²) in [6, 6.07) is 14.5. The van der Waals surface area contributed by atoms with Gasteiger partial charge < -0.3 is 19.3 Å². The van der Waals surface area contributed by atoms with Crippen molar-refractivity contribution in [1.29, 1.82) is 0 Å². The normalized spacial score (nSPS) is 16.0. The maximum atomic E-state index is 13.9. The van der Waals surface area contributed by atoms with Crippen molar-refractivity contribution in [3.63, 3.8) is 0 Å². The second-order valence-corrected chi connectivity index (χ2v) is 7.17. The number of halogens is 1. The Hall–Kier alpha value is -2.90. The Morgan fingerprint density at radius 2 is 1.79 bits per heavy atom. The summed E-state index contributed by atoms with van der Waals surface area (Å²) >= 11 is 0. The Morgan fingerprint density at radius 1 is 1.03 bits per heavy atom. The molecular formula is C22H25FN4O2. The molecule has 0 aliphatic carbocycles. The number of β-amino-alcohol motifs (C(OH)–C–C–N with tert-alkyl or cyclic N) is 1. The number of rotatable bonds is 7. The fourth-order valence-electron chi connectivity index (χ4n) is 3.55. The molecule has 0 radical (unpaired) electrons. The number of ether oxygens (including phenoxy) is 1. The van der Waals surface area contributed by atoms with Gasteiger partial charge in [-0.1, -0.05) is 12.1 Å². The molecule has 1 aliphatic rings. The summed E-state index contributed by atoms with van der Waals surface area (Å²) in [6.07, 6.45) is 4.77. The molecule has 29 heavy (non-hydrogen) atoms. The monoisotopic (exact) mass is 396 g/mol. The number of para-hydroxylation sites is 1. The third-order valence-electron chi connectivity index (χ3n) is 5.12. The van der Waals surface area contributed by atoms with Gasteiger partial charge in [0.2, 0.25) is 0 Å². The predicted octanol–water partition coefficient (Wildman–Crippen LogP) is 2.57. The number of aliphatic hydroxyl groups is 1. The number of hydrogen-bond donors (Lipinski definition) is 1. The maximum absolute atomic E-state index is 13.9. The molecule has 1 fully saturated rings. The first-order valence-corrected chi connectivity index (χ1v) is 9.80. The summed E-state index contributed by atoms with van der Waals surface area (Å²) < 4.78 is 21.6. The number of nitrogens with zero attached hydrogens (tertiary/aromatic N) is 4. The fraction of sp³-hybridized carbons (Fsp3) is 0.318. The third kappa shape index (κ3) is 4.93. The first-order chi connectivity index (χ1) is 14.2. The van der Waals surface area contributed by atoms with E-state index in [0.717, 1.165) is 37.6 Å². The molecule has 2 heterocycles. The lowest BCUT2D eigenvalue weighted by Crippen LogP contribution is -2.49. The minimum absolute atomic E-state index is 0.187. The van der Waals surface area contributed by atoms with Crippen molar-refractivity contribution in [3.05, 3.63) is 73.1 Å². The van der Waals surface area contributed by atoms with E-state index in [4.69, 9.17) is 4.74 Å². The van der Waals surface area contributed by atoms with Crippen LogP contribution in [0.15, 0.2) is 67.3 Å². The summed E-state index contributed by atoms with van der Waals surface area (Å²) in [6.45, 7) is 3.82. The Bertz CT molecular complexity index is 893. The van der Waals surface area contributed by atoms with Crippen LogP contribution in [0.3, 0.4) is 0 Å². The summed E-state index contributed by atoms with van der Waals surface area (Å²) in [5.41, 5.74) is 1.65. The molecule has 0 amide bonds. The smallest absolute Gasteiger partial charge is 0.146 e. The van der Waals surface area contributed by atoms with Gasteiger partial charge in [-0.2, -0.15) is 0 Å². The van der Waals surface area contributed by atoms with Crippen molar-refractivity contribution in [1.82, 2.24) is 14.5 Å². The van der Waals surface area contributed by atoms with Crippen molar-refractivity contribution in [2.75, 3.05) is 44.2 Å². The number of hydrogen-bond acceptors (Lipinski definition) is 5. The molecule has 7 heteroatoms. The highest BCUT2D eigenvalue weighted by molar-refractivity contribution is 5.48. The molecule has 1 unspecified atom stereocenters. The second-order valence-electron chi connectivity index (χ2n) is 7.17. The Balaban J connectivity index is 1.21. The van der Waals surface area contributed by atoms with E-state index in [1.807, 2.05) is 47.2 Å². The third-order valence-corrected chi connectivity index (χ3v) is 5.12. The second kappa shape index (κ2) is 9.07. The Morgan fingerprint density at radius 3 is 2.48 bits per heavy atom. The number of anilines is 1. The zero-order valence-electron chi connectivity index (χ0n) is 16.2. The first-order valence-electron chi connectivity index (χ1n) is 9.80. The van der Waals surface area contributed by atoms with Gasteiger partial charge in [-0.3, -0.25) is 4.90 Å². The topological polar surface area (TPSA) is 53.8 Å². The van der Waals surface area contributed by atoms with Crippen LogP contribution in [-0.2, 0) is 0 Å². The quantitative estimate of drug-likeness (QED) is 0.665. The van der Waals surface area contributed by atoms with Crippen molar-refractivity contribution >= 4 is 5.69 Å². The summed E-state index contributed by atoms with van der Waals surface area (Å²) in [5.74, 6) is 0.533. The molecular weight excluding hydrogens is 371 g/mol. The van der Waals surface area contributed by atoms with E-state index in [9.17, 15) is 9.50 Å². The van der Waals surface area contributed by atoms with Crippen molar-refractivity contribution in [3.8, 4) is 11.4 Å². The summed E-state index contributed by atoms with van der Waals surface area (Å²) in [4.78, 5) is 8.27. The summed E-state index contributed by atoms with van der Waals surface area (Å²) in [7, 11) is 0. The Kier molecular flexibility index (Phi) is 6.07. The fourth-order valence-corrected chi connectivity index (χ4v) is 3.55. The lowest BCUT2D eigenvalue weighted by molar-refractivity contribution is 0.0662. The number of aromatic nitrogens is 2. The van der Waals surface area contributed by atoms with Crippen molar-refractivity contribution < 1.29 is 14.2 Å². The average molecular weight is 396 g/mol. The van der Waals surface area contributed by atoms with Crippen LogP contribution in [0.1, 0.15) is 0 Å². The van der Waals surface area contributed by atoms with Gasteiger partial charge in [-0.15, -0.1) is 0 Å². The van der Waals surface area contributed by atoms with Crippen molar-refractivity contribution in [2.24, 2.45) is 0 Å². The van der Waals surface area contributed by atoms with E-state index in [1.54, 1.807) is 18.6 Å². The molecule has 0 bridgehead atoms. The van der Waals surface area contributed by atoms with E-state index in [-0.39, 0.29) is 12.4 Å². The Labute approximate surface area is 169 Å². The highest BCUT2D eigenvalue weighted by atomic mass is 19.1. The highest BCUT2D eigenvalue weighted by Gasteiger charge is 2.21. The number of imidazole rings is 1. The maximum Gasteiger partial charge on any atom is 0.146 e. The minimum atomic E-state index is -0.580. The molecule has 1 aromatic heterocycles. The summed E-state index contributed by atoms with van der Waals surface area (Å²) in [5, 5.41) is 10.3. The molecule has 4 rings (SSSR count). The molecule has 152 valence electrons. The molecule has 0 saturated carbocycles. The van der Waals surface area contributed by atoms with Crippen LogP contribution in [0.4, 0.5) is 10.1 Å². The van der Waals surface area contributed by atoms with Gasteiger partial charge in [0.05, 0.1) is 12.0 Å². The van der Waals surface area contributed by atoms with Crippen molar-refractivity contribution in [2.45, 2.75) is 6.10 Å². The van der Waals surface area contributed by atoms with Gasteiger partial charge in [-0.05, 0) is 36.4 Å². The highest BCUT2D eigenvalue weighted by Crippen LogP contribution is 2.20. The zero-order chi connectivity index (χ0) is 20.1. The molecule has 0 spiro atoms.